The molecule has 3 nitrogen and oxygen atoms in total. The van der Waals surface area contributed by atoms with E-state index in [9.17, 15) is 4.79 Å². The third-order valence-corrected chi connectivity index (χ3v) is 3.73. The molecule has 0 spiro atoms. The zero-order valence-corrected chi connectivity index (χ0v) is 12.1. The number of carbonyl (C=O) groups is 1. The van der Waals surface area contributed by atoms with Gasteiger partial charge in [-0.3, -0.25) is 4.79 Å². The van der Waals surface area contributed by atoms with Crippen molar-refractivity contribution in [3.05, 3.63) is 34.9 Å². The van der Waals surface area contributed by atoms with Crippen molar-refractivity contribution in [3.63, 3.8) is 0 Å². The second-order valence-electron chi connectivity index (χ2n) is 5.65. The molecule has 19 heavy (non-hydrogen) atoms. The first-order chi connectivity index (χ1) is 9.06. The van der Waals surface area contributed by atoms with Crippen molar-refractivity contribution in [2.24, 2.45) is 0 Å². The van der Waals surface area contributed by atoms with E-state index >= 15 is 0 Å². The lowest BCUT2D eigenvalue weighted by Crippen LogP contribution is -2.47. The lowest BCUT2D eigenvalue weighted by Gasteiger charge is -2.25. The van der Waals surface area contributed by atoms with E-state index in [0.717, 1.165) is 19.4 Å². The summed E-state index contributed by atoms with van der Waals surface area (Å²) in [6.07, 6.45) is 3.27. The summed E-state index contributed by atoms with van der Waals surface area (Å²) >= 11 is 0. The molecule has 1 fully saturated rings. The van der Waals surface area contributed by atoms with E-state index in [4.69, 9.17) is 0 Å². The number of nitrogens with one attached hydrogen (secondary N) is 2. The van der Waals surface area contributed by atoms with Gasteiger partial charge in [-0.25, -0.2) is 0 Å². The minimum Gasteiger partial charge on any atom is -0.348 e. The van der Waals surface area contributed by atoms with Crippen LogP contribution in [0.5, 0.6) is 0 Å². The number of aryl methyl sites for hydroxylation is 2. The Morgan fingerprint density at radius 2 is 1.95 bits per heavy atom. The maximum atomic E-state index is 12.2. The second-order valence-corrected chi connectivity index (χ2v) is 5.65. The fraction of sp³-hybridized carbons (Fsp3) is 0.562. The van der Waals surface area contributed by atoms with Gasteiger partial charge in [0, 0.05) is 0 Å². The monoisotopic (exact) mass is 260 g/mol. The van der Waals surface area contributed by atoms with Crippen LogP contribution in [-0.4, -0.2) is 18.5 Å². The molecule has 1 aromatic rings. The fourth-order valence-corrected chi connectivity index (χ4v) is 2.73. The summed E-state index contributed by atoms with van der Waals surface area (Å²) in [7, 11) is 0. The van der Waals surface area contributed by atoms with Crippen molar-refractivity contribution < 1.29 is 4.79 Å². The summed E-state index contributed by atoms with van der Waals surface area (Å²) < 4.78 is 0. The number of amides is 1. The van der Waals surface area contributed by atoms with E-state index in [0.29, 0.717) is 0 Å². The number of benzene rings is 1. The summed E-state index contributed by atoms with van der Waals surface area (Å²) in [5.74, 6) is 0.131. The third kappa shape index (κ3) is 3.80. The summed E-state index contributed by atoms with van der Waals surface area (Å²) in [5.41, 5.74) is 3.67. The molecule has 2 atom stereocenters. The normalized spacial score (nSPS) is 20.9. The third-order valence-electron chi connectivity index (χ3n) is 3.73. The van der Waals surface area contributed by atoms with Crippen LogP contribution in [0.15, 0.2) is 18.2 Å². The van der Waals surface area contributed by atoms with Gasteiger partial charge in [0.25, 0.3) is 0 Å². The van der Waals surface area contributed by atoms with Gasteiger partial charge in [-0.15, -0.1) is 0 Å². The van der Waals surface area contributed by atoms with E-state index in [1.54, 1.807) is 0 Å². The minimum absolute atomic E-state index is 0.0119. The highest BCUT2D eigenvalue weighted by molar-refractivity contribution is 5.82. The van der Waals surface area contributed by atoms with Gasteiger partial charge in [-0.1, -0.05) is 35.7 Å². The molecule has 0 bridgehead atoms. The molecule has 1 amide bonds. The standard InChI is InChI=1S/C16H24N2O/c1-11-8-12(2)10-14(9-11)13(3)18-16(19)15-6-4-5-7-17-15/h8-10,13,15,17H,4-7H2,1-3H3,(H,18,19). The number of rotatable bonds is 3. The zero-order valence-electron chi connectivity index (χ0n) is 12.1. The Balaban J connectivity index is 1.99. The largest absolute Gasteiger partial charge is 0.348 e. The van der Waals surface area contributed by atoms with Crippen LogP contribution in [-0.2, 0) is 4.79 Å². The average Bonchev–Trinajstić information content (AvgIpc) is 2.38. The molecule has 1 aliphatic rings. The first-order valence-electron chi connectivity index (χ1n) is 7.18. The molecule has 1 aliphatic heterocycles. The average molecular weight is 260 g/mol. The van der Waals surface area contributed by atoms with Crippen LogP contribution in [0.1, 0.15) is 48.9 Å². The van der Waals surface area contributed by atoms with Crippen molar-refractivity contribution in [2.75, 3.05) is 6.54 Å². The molecule has 1 aromatic carbocycles. The van der Waals surface area contributed by atoms with Crippen LogP contribution in [0.2, 0.25) is 0 Å². The molecular formula is C16H24N2O. The predicted molar refractivity (Wildman–Crippen MR) is 78.1 cm³/mol. The summed E-state index contributed by atoms with van der Waals surface area (Å²) in [5, 5.41) is 6.41. The lowest BCUT2D eigenvalue weighted by molar-refractivity contribution is -0.124. The maximum Gasteiger partial charge on any atom is 0.237 e. The van der Waals surface area contributed by atoms with Crippen LogP contribution < -0.4 is 10.6 Å². The Kier molecular flexibility index (Phi) is 4.59. The highest BCUT2D eigenvalue weighted by atomic mass is 16.2. The maximum absolute atomic E-state index is 12.2. The number of hydrogen-bond acceptors (Lipinski definition) is 2. The Hall–Kier alpha value is -1.35. The Morgan fingerprint density at radius 3 is 2.53 bits per heavy atom. The summed E-state index contributed by atoms with van der Waals surface area (Å²) in [6.45, 7) is 7.19. The van der Waals surface area contributed by atoms with E-state index < -0.39 is 0 Å². The van der Waals surface area contributed by atoms with Crippen molar-refractivity contribution in [1.29, 1.82) is 0 Å². The van der Waals surface area contributed by atoms with Gasteiger partial charge < -0.3 is 10.6 Å². The van der Waals surface area contributed by atoms with Gasteiger partial charge in [0.1, 0.15) is 0 Å². The first kappa shape index (κ1) is 14.1. The number of hydrogen-bond donors (Lipinski definition) is 2. The Bertz CT molecular complexity index is 430. The quantitative estimate of drug-likeness (QED) is 0.877. The molecule has 1 saturated heterocycles. The number of carbonyl (C=O) groups excluding carboxylic acids is 1. The Labute approximate surface area is 115 Å². The van der Waals surface area contributed by atoms with Gasteiger partial charge >= 0.3 is 0 Å². The lowest BCUT2D eigenvalue weighted by atomic mass is 10.0. The molecule has 0 radical (unpaired) electrons. The highest BCUT2D eigenvalue weighted by Gasteiger charge is 2.22. The molecule has 0 aliphatic carbocycles. The molecule has 104 valence electrons. The van der Waals surface area contributed by atoms with Crippen LogP contribution in [0.3, 0.4) is 0 Å². The molecule has 2 rings (SSSR count). The van der Waals surface area contributed by atoms with E-state index in [2.05, 4.69) is 49.6 Å². The molecule has 2 N–H and O–H groups in total. The van der Waals surface area contributed by atoms with Gasteiger partial charge in [-0.2, -0.15) is 0 Å². The molecule has 0 aromatic heterocycles. The SMILES string of the molecule is Cc1cc(C)cc(C(C)NC(=O)C2CCCCN2)c1. The van der Waals surface area contributed by atoms with E-state index in [1.807, 2.05) is 0 Å². The summed E-state index contributed by atoms with van der Waals surface area (Å²) in [4.78, 5) is 12.2. The predicted octanol–water partition coefficient (Wildman–Crippen LogP) is 2.62. The highest BCUT2D eigenvalue weighted by Crippen LogP contribution is 2.17. The topological polar surface area (TPSA) is 41.1 Å². The van der Waals surface area contributed by atoms with E-state index in [1.165, 1.54) is 23.1 Å². The van der Waals surface area contributed by atoms with Crippen molar-refractivity contribution in [3.8, 4) is 0 Å². The zero-order chi connectivity index (χ0) is 13.8. The van der Waals surface area contributed by atoms with Crippen molar-refractivity contribution in [2.45, 2.75) is 52.1 Å². The van der Waals surface area contributed by atoms with Crippen LogP contribution in [0.25, 0.3) is 0 Å². The van der Waals surface area contributed by atoms with Gasteiger partial charge in [-0.05, 0) is 45.7 Å². The van der Waals surface area contributed by atoms with Gasteiger partial charge in [0.2, 0.25) is 5.91 Å². The molecule has 2 unspecified atom stereocenters. The molecule has 1 heterocycles. The molecule has 0 saturated carbocycles. The van der Waals surface area contributed by atoms with Crippen LogP contribution >= 0.6 is 0 Å². The summed E-state index contributed by atoms with van der Waals surface area (Å²) in [6, 6.07) is 6.50. The van der Waals surface area contributed by atoms with E-state index in [-0.39, 0.29) is 18.0 Å². The first-order valence-corrected chi connectivity index (χ1v) is 7.18. The van der Waals surface area contributed by atoms with Crippen LogP contribution in [0, 0.1) is 13.8 Å². The molecule has 3 heteroatoms. The second kappa shape index (κ2) is 6.20. The van der Waals surface area contributed by atoms with Gasteiger partial charge in [0.15, 0.2) is 0 Å². The van der Waals surface area contributed by atoms with Crippen LogP contribution in [0.4, 0.5) is 0 Å². The smallest absolute Gasteiger partial charge is 0.237 e. The molecular weight excluding hydrogens is 236 g/mol. The Morgan fingerprint density at radius 1 is 1.26 bits per heavy atom. The van der Waals surface area contributed by atoms with Gasteiger partial charge in [0.05, 0.1) is 12.1 Å². The number of piperidine rings is 1. The van der Waals surface area contributed by atoms with Crippen molar-refractivity contribution in [1.82, 2.24) is 10.6 Å². The fourth-order valence-electron chi connectivity index (χ4n) is 2.73. The van der Waals surface area contributed by atoms with Crippen molar-refractivity contribution >= 4 is 5.91 Å². The minimum atomic E-state index is -0.0119.